The number of carbonyl (C=O) groups excluding carboxylic acids is 1. The molecule has 6 nitrogen and oxygen atoms in total. The number of hydrazone groups is 1. The highest BCUT2D eigenvalue weighted by molar-refractivity contribution is 5.94. The molecule has 2 aromatic rings. The lowest BCUT2D eigenvalue weighted by molar-refractivity contribution is -0.129. The Kier molecular flexibility index (Phi) is 6.26. The molecule has 0 bridgehead atoms. The maximum Gasteiger partial charge on any atom is 0.269 e. The van der Waals surface area contributed by atoms with Crippen LogP contribution in [0.3, 0.4) is 0 Å². The van der Waals surface area contributed by atoms with E-state index < -0.39 is 29.8 Å². The van der Waals surface area contributed by atoms with Crippen LogP contribution in [0.2, 0.25) is 0 Å². The second kappa shape index (κ2) is 8.85. The van der Waals surface area contributed by atoms with Gasteiger partial charge in [0.1, 0.15) is 24.1 Å². The third-order valence-electron chi connectivity index (χ3n) is 4.50. The molecule has 1 aromatic heterocycles. The molecule has 2 atom stereocenters. The molecule has 1 aliphatic rings. The number of aromatic nitrogens is 2. The number of methoxy groups -OCH3 is 1. The Bertz CT molecular complexity index is 931. The lowest BCUT2D eigenvalue weighted by Gasteiger charge is -2.23. The van der Waals surface area contributed by atoms with Crippen LogP contribution in [0.15, 0.2) is 47.8 Å². The van der Waals surface area contributed by atoms with Crippen molar-refractivity contribution in [3.05, 3.63) is 65.6 Å². The fourth-order valence-corrected chi connectivity index (χ4v) is 3.01. The first kappa shape index (κ1) is 20.5. The minimum Gasteiger partial charge on any atom is -0.481 e. The van der Waals surface area contributed by atoms with Gasteiger partial charge in [0.25, 0.3) is 5.91 Å². The van der Waals surface area contributed by atoms with E-state index in [4.69, 9.17) is 4.74 Å². The van der Waals surface area contributed by atoms with Crippen molar-refractivity contribution in [2.24, 2.45) is 5.10 Å². The maximum atomic E-state index is 14.5. The first-order valence-electron chi connectivity index (χ1n) is 8.88. The van der Waals surface area contributed by atoms with Crippen molar-refractivity contribution in [1.29, 1.82) is 0 Å². The topological polar surface area (TPSA) is 67.7 Å². The fourth-order valence-electron chi connectivity index (χ4n) is 3.01. The van der Waals surface area contributed by atoms with Crippen molar-refractivity contribution < 1.29 is 22.7 Å². The number of halogens is 3. The Hall–Kier alpha value is -3.23. The van der Waals surface area contributed by atoms with Gasteiger partial charge in [-0.25, -0.2) is 28.1 Å². The highest BCUT2D eigenvalue weighted by atomic mass is 19.1. The monoisotopic (exact) mass is 404 g/mol. The van der Waals surface area contributed by atoms with Crippen molar-refractivity contribution in [3.63, 3.8) is 0 Å². The van der Waals surface area contributed by atoms with Crippen LogP contribution in [0, 0.1) is 11.6 Å². The summed E-state index contributed by atoms with van der Waals surface area (Å²) in [5.41, 5.74) is 0.566. The van der Waals surface area contributed by atoms with Crippen LogP contribution in [0.4, 0.5) is 13.2 Å². The Morgan fingerprint density at radius 1 is 1.28 bits per heavy atom. The van der Waals surface area contributed by atoms with E-state index in [2.05, 4.69) is 21.6 Å². The standard InChI is InChI=1S/C20H19F3N4O2/c1-12(3-4-16(23)17-10-19(29-2)25-11-24-17)20(28)27-18(5-6-26-27)13-7-14(21)9-15(22)8-13/h6-11,16,18H,1,3-5H2,2H3. The van der Waals surface area contributed by atoms with Crippen LogP contribution in [0.1, 0.15) is 42.7 Å². The molecule has 0 fully saturated rings. The van der Waals surface area contributed by atoms with E-state index in [1.54, 1.807) is 0 Å². The number of amides is 1. The van der Waals surface area contributed by atoms with Crippen LogP contribution in [0.5, 0.6) is 5.88 Å². The molecule has 1 aromatic carbocycles. The van der Waals surface area contributed by atoms with E-state index in [0.29, 0.717) is 6.42 Å². The van der Waals surface area contributed by atoms with Gasteiger partial charge in [0.05, 0.1) is 18.8 Å². The van der Waals surface area contributed by atoms with Gasteiger partial charge in [-0.15, -0.1) is 0 Å². The van der Waals surface area contributed by atoms with Crippen molar-refractivity contribution in [2.75, 3.05) is 7.11 Å². The number of alkyl halides is 1. The maximum absolute atomic E-state index is 14.5. The molecule has 0 spiro atoms. The smallest absolute Gasteiger partial charge is 0.269 e. The second-order valence-corrected chi connectivity index (χ2v) is 6.50. The lowest BCUT2D eigenvalue weighted by Crippen LogP contribution is -2.28. The molecule has 2 heterocycles. The van der Waals surface area contributed by atoms with Crippen LogP contribution < -0.4 is 4.74 Å². The van der Waals surface area contributed by atoms with Crippen molar-refractivity contribution in [2.45, 2.75) is 31.5 Å². The summed E-state index contributed by atoms with van der Waals surface area (Å²) in [6, 6.07) is 3.82. The lowest BCUT2D eigenvalue weighted by atomic mass is 10.0. The molecule has 9 heteroatoms. The Labute approximate surface area is 165 Å². The molecule has 0 aliphatic carbocycles. The molecule has 1 amide bonds. The van der Waals surface area contributed by atoms with E-state index in [1.165, 1.54) is 25.7 Å². The molecule has 0 saturated heterocycles. The number of carbonyl (C=O) groups is 1. The minimum atomic E-state index is -1.44. The number of rotatable bonds is 7. The van der Waals surface area contributed by atoms with E-state index in [0.717, 1.165) is 23.2 Å². The third-order valence-corrected chi connectivity index (χ3v) is 4.50. The Morgan fingerprint density at radius 2 is 2.00 bits per heavy atom. The third kappa shape index (κ3) is 4.79. The minimum absolute atomic E-state index is 0.0262. The van der Waals surface area contributed by atoms with Gasteiger partial charge >= 0.3 is 0 Å². The summed E-state index contributed by atoms with van der Waals surface area (Å²) in [4.78, 5) is 20.4. The quantitative estimate of drug-likeness (QED) is 0.653. The number of hydrogen-bond acceptors (Lipinski definition) is 5. The molecule has 1 aliphatic heterocycles. The zero-order valence-electron chi connectivity index (χ0n) is 15.7. The van der Waals surface area contributed by atoms with Crippen LogP contribution in [-0.4, -0.2) is 34.2 Å². The van der Waals surface area contributed by atoms with Crippen molar-refractivity contribution in [3.8, 4) is 5.88 Å². The average molecular weight is 404 g/mol. The summed E-state index contributed by atoms with van der Waals surface area (Å²) in [5.74, 6) is -1.76. The van der Waals surface area contributed by atoms with E-state index in [1.807, 2.05) is 0 Å². The summed E-state index contributed by atoms with van der Waals surface area (Å²) in [6.07, 6.45) is 1.59. The highest BCUT2D eigenvalue weighted by Gasteiger charge is 2.30. The molecule has 0 saturated carbocycles. The molecular weight excluding hydrogens is 385 g/mol. The molecule has 0 radical (unpaired) electrons. The van der Waals surface area contributed by atoms with Gasteiger partial charge < -0.3 is 4.74 Å². The highest BCUT2D eigenvalue weighted by Crippen LogP contribution is 2.32. The fraction of sp³-hybridized carbons (Fsp3) is 0.300. The van der Waals surface area contributed by atoms with E-state index in [9.17, 15) is 18.0 Å². The van der Waals surface area contributed by atoms with Gasteiger partial charge in [0.2, 0.25) is 5.88 Å². The van der Waals surface area contributed by atoms with Gasteiger partial charge in [0, 0.05) is 30.3 Å². The first-order chi connectivity index (χ1) is 13.9. The molecule has 3 rings (SSSR count). The summed E-state index contributed by atoms with van der Waals surface area (Å²) in [5, 5.41) is 5.13. The van der Waals surface area contributed by atoms with Crippen molar-refractivity contribution in [1.82, 2.24) is 15.0 Å². The number of ether oxygens (including phenoxy) is 1. The van der Waals surface area contributed by atoms with Gasteiger partial charge in [-0.05, 0) is 30.5 Å². The zero-order chi connectivity index (χ0) is 21.0. The van der Waals surface area contributed by atoms with Gasteiger partial charge in [0.15, 0.2) is 0 Å². The predicted octanol–water partition coefficient (Wildman–Crippen LogP) is 4.07. The largest absolute Gasteiger partial charge is 0.481 e. The van der Waals surface area contributed by atoms with Crippen LogP contribution in [0.25, 0.3) is 0 Å². The summed E-state index contributed by atoms with van der Waals surface area (Å²) in [6.45, 7) is 3.72. The Balaban J connectivity index is 1.64. The summed E-state index contributed by atoms with van der Waals surface area (Å²) >= 11 is 0. The van der Waals surface area contributed by atoms with Gasteiger partial charge in [-0.1, -0.05) is 6.58 Å². The first-order valence-corrected chi connectivity index (χ1v) is 8.88. The number of benzene rings is 1. The SMILES string of the molecule is C=C(CCC(F)c1cc(OC)ncn1)C(=O)N1N=CCC1c1cc(F)cc(F)c1. The molecule has 2 unspecified atom stereocenters. The number of hydrogen-bond donors (Lipinski definition) is 0. The van der Waals surface area contributed by atoms with Crippen LogP contribution in [-0.2, 0) is 4.79 Å². The molecule has 152 valence electrons. The van der Waals surface area contributed by atoms with Gasteiger partial charge in [-0.3, -0.25) is 4.79 Å². The zero-order valence-corrected chi connectivity index (χ0v) is 15.7. The van der Waals surface area contributed by atoms with Gasteiger partial charge in [-0.2, -0.15) is 5.10 Å². The van der Waals surface area contributed by atoms with Crippen molar-refractivity contribution >= 4 is 12.1 Å². The number of nitrogens with zero attached hydrogens (tertiary/aromatic N) is 4. The molecular formula is C20H19F3N4O2. The van der Waals surface area contributed by atoms with E-state index in [-0.39, 0.29) is 35.6 Å². The normalized spacial score (nSPS) is 16.7. The molecule has 29 heavy (non-hydrogen) atoms. The summed E-state index contributed by atoms with van der Waals surface area (Å²) in [7, 11) is 1.41. The Morgan fingerprint density at radius 3 is 2.69 bits per heavy atom. The van der Waals surface area contributed by atoms with E-state index >= 15 is 0 Å². The average Bonchev–Trinajstić information content (AvgIpc) is 3.20. The summed E-state index contributed by atoms with van der Waals surface area (Å²) < 4.78 is 46.5. The predicted molar refractivity (Wildman–Crippen MR) is 99.9 cm³/mol. The molecule has 0 N–H and O–H groups in total. The second-order valence-electron chi connectivity index (χ2n) is 6.50. The van der Waals surface area contributed by atoms with Crippen LogP contribution >= 0.6 is 0 Å².